The topological polar surface area (TPSA) is 75.3 Å². The summed E-state index contributed by atoms with van der Waals surface area (Å²) in [5.41, 5.74) is 0.944. The standard InChI is InChI=1S/C16H17IN2O3S/c1-11(2)19-23(21,22)15-5-3-4-12(10-15)16(20)18-14-8-6-13(17)7-9-14/h3-11,19H,1-2H3,(H,18,20). The number of carbonyl (C=O) groups excluding carboxylic acids is 1. The second-order valence-electron chi connectivity index (χ2n) is 5.26. The van der Waals surface area contributed by atoms with E-state index in [0.717, 1.165) is 3.57 Å². The SMILES string of the molecule is CC(C)NS(=O)(=O)c1cccc(C(=O)Nc2ccc(I)cc2)c1. The third kappa shape index (κ3) is 5.02. The lowest BCUT2D eigenvalue weighted by Gasteiger charge is -2.11. The van der Waals surface area contributed by atoms with Gasteiger partial charge in [0.2, 0.25) is 10.0 Å². The third-order valence-corrected chi connectivity index (χ3v) is 5.27. The zero-order valence-electron chi connectivity index (χ0n) is 12.7. The molecule has 0 aromatic heterocycles. The highest BCUT2D eigenvalue weighted by atomic mass is 127. The smallest absolute Gasteiger partial charge is 0.255 e. The molecule has 2 rings (SSSR count). The zero-order chi connectivity index (χ0) is 17.0. The Morgan fingerprint density at radius 2 is 1.74 bits per heavy atom. The Hall–Kier alpha value is -1.45. The van der Waals surface area contributed by atoms with Crippen LogP contribution in [0.4, 0.5) is 5.69 Å². The molecule has 0 aliphatic carbocycles. The summed E-state index contributed by atoms with van der Waals surface area (Å²) in [5, 5.41) is 2.75. The van der Waals surface area contributed by atoms with Gasteiger partial charge < -0.3 is 5.32 Å². The van der Waals surface area contributed by atoms with Crippen LogP contribution in [0.3, 0.4) is 0 Å². The fraction of sp³-hybridized carbons (Fsp3) is 0.188. The van der Waals surface area contributed by atoms with Crippen LogP contribution in [0.1, 0.15) is 24.2 Å². The number of carbonyl (C=O) groups is 1. The van der Waals surface area contributed by atoms with Crippen molar-refractivity contribution in [3.63, 3.8) is 0 Å². The van der Waals surface area contributed by atoms with E-state index >= 15 is 0 Å². The first-order valence-corrected chi connectivity index (χ1v) is 9.53. The average molecular weight is 444 g/mol. The first-order chi connectivity index (χ1) is 10.8. The van der Waals surface area contributed by atoms with Crippen molar-refractivity contribution in [2.75, 3.05) is 5.32 Å². The molecule has 0 saturated heterocycles. The van der Waals surface area contributed by atoms with E-state index < -0.39 is 10.0 Å². The van der Waals surface area contributed by atoms with E-state index in [-0.39, 0.29) is 22.4 Å². The summed E-state index contributed by atoms with van der Waals surface area (Å²) in [6, 6.07) is 13.1. The number of amides is 1. The molecule has 2 aromatic rings. The van der Waals surface area contributed by atoms with Crippen LogP contribution in [0.25, 0.3) is 0 Å². The molecule has 0 aliphatic heterocycles. The Kier molecular flexibility index (Phi) is 5.77. The molecule has 0 atom stereocenters. The van der Waals surface area contributed by atoms with Crippen molar-refractivity contribution in [3.05, 3.63) is 57.7 Å². The minimum absolute atomic E-state index is 0.0708. The lowest BCUT2D eigenvalue weighted by molar-refractivity contribution is 0.102. The Morgan fingerprint density at radius 1 is 1.09 bits per heavy atom. The van der Waals surface area contributed by atoms with Crippen molar-refractivity contribution in [1.29, 1.82) is 0 Å². The zero-order valence-corrected chi connectivity index (χ0v) is 15.7. The summed E-state index contributed by atoms with van der Waals surface area (Å²) in [7, 11) is -3.63. The maximum atomic E-state index is 12.3. The van der Waals surface area contributed by atoms with Gasteiger partial charge in [-0.2, -0.15) is 0 Å². The molecule has 2 N–H and O–H groups in total. The van der Waals surface area contributed by atoms with Gasteiger partial charge in [0.05, 0.1) is 4.90 Å². The van der Waals surface area contributed by atoms with Gasteiger partial charge in [-0.25, -0.2) is 13.1 Å². The van der Waals surface area contributed by atoms with Gasteiger partial charge in [0.1, 0.15) is 0 Å². The van der Waals surface area contributed by atoms with Crippen molar-refractivity contribution in [3.8, 4) is 0 Å². The van der Waals surface area contributed by atoms with E-state index in [1.54, 1.807) is 38.1 Å². The molecule has 23 heavy (non-hydrogen) atoms. The number of hydrogen-bond acceptors (Lipinski definition) is 3. The van der Waals surface area contributed by atoms with Gasteiger partial charge in [-0.1, -0.05) is 6.07 Å². The number of sulfonamides is 1. The number of nitrogens with one attached hydrogen (secondary N) is 2. The van der Waals surface area contributed by atoms with E-state index in [1.807, 2.05) is 12.1 Å². The maximum Gasteiger partial charge on any atom is 0.255 e. The predicted octanol–water partition coefficient (Wildman–Crippen LogP) is 3.23. The average Bonchev–Trinajstić information content (AvgIpc) is 2.48. The molecule has 0 heterocycles. The van der Waals surface area contributed by atoms with Gasteiger partial charge in [0, 0.05) is 20.9 Å². The number of rotatable bonds is 5. The molecule has 7 heteroatoms. The molecule has 122 valence electrons. The molecule has 2 aromatic carbocycles. The van der Waals surface area contributed by atoms with Crippen LogP contribution in [0.5, 0.6) is 0 Å². The van der Waals surface area contributed by atoms with Gasteiger partial charge >= 0.3 is 0 Å². The first kappa shape index (κ1) is 17.9. The normalized spacial score (nSPS) is 11.5. The Balaban J connectivity index is 2.22. The second-order valence-corrected chi connectivity index (χ2v) is 8.22. The summed E-state index contributed by atoms with van der Waals surface area (Å²) < 4.78 is 27.9. The number of benzene rings is 2. The minimum Gasteiger partial charge on any atom is -0.322 e. The molecular weight excluding hydrogens is 427 g/mol. The molecular formula is C16H17IN2O3S. The fourth-order valence-electron chi connectivity index (χ4n) is 1.92. The highest BCUT2D eigenvalue weighted by Crippen LogP contribution is 2.15. The molecule has 1 amide bonds. The van der Waals surface area contributed by atoms with Gasteiger partial charge in [0.25, 0.3) is 5.91 Å². The lowest BCUT2D eigenvalue weighted by atomic mass is 10.2. The summed E-state index contributed by atoms with van der Waals surface area (Å²) >= 11 is 2.18. The van der Waals surface area contributed by atoms with E-state index in [0.29, 0.717) is 5.69 Å². The number of anilines is 1. The van der Waals surface area contributed by atoms with Crippen LogP contribution < -0.4 is 10.0 Å². The van der Waals surface area contributed by atoms with Crippen molar-refractivity contribution in [2.45, 2.75) is 24.8 Å². The molecule has 0 unspecified atom stereocenters. The Morgan fingerprint density at radius 3 is 2.35 bits per heavy atom. The molecule has 0 saturated carbocycles. The summed E-state index contributed by atoms with van der Waals surface area (Å²) in [4.78, 5) is 12.3. The van der Waals surface area contributed by atoms with Crippen LogP contribution in [-0.2, 0) is 10.0 Å². The van der Waals surface area contributed by atoms with Crippen LogP contribution >= 0.6 is 22.6 Å². The molecule has 5 nitrogen and oxygen atoms in total. The van der Waals surface area contributed by atoms with E-state index in [9.17, 15) is 13.2 Å². The summed E-state index contributed by atoms with van der Waals surface area (Å²) in [6.07, 6.45) is 0. The van der Waals surface area contributed by atoms with E-state index in [4.69, 9.17) is 0 Å². The molecule has 0 radical (unpaired) electrons. The minimum atomic E-state index is -3.63. The van der Waals surface area contributed by atoms with Crippen LogP contribution in [0, 0.1) is 3.57 Å². The van der Waals surface area contributed by atoms with Gasteiger partial charge in [-0.3, -0.25) is 4.79 Å². The van der Waals surface area contributed by atoms with Crippen LogP contribution in [-0.4, -0.2) is 20.4 Å². The second kappa shape index (κ2) is 7.41. The molecule has 0 aliphatic rings. The Labute approximate surface area is 149 Å². The molecule has 0 spiro atoms. The fourth-order valence-corrected chi connectivity index (χ4v) is 3.58. The van der Waals surface area contributed by atoms with E-state index in [2.05, 4.69) is 32.6 Å². The van der Waals surface area contributed by atoms with E-state index in [1.165, 1.54) is 12.1 Å². The highest BCUT2D eigenvalue weighted by molar-refractivity contribution is 14.1. The largest absolute Gasteiger partial charge is 0.322 e. The quantitative estimate of drug-likeness (QED) is 0.696. The van der Waals surface area contributed by atoms with Gasteiger partial charge in [0.15, 0.2) is 0 Å². The Bertz CT molecular complexity index is 802. The van der Waals surface area contributed by atoms with Crippen molar-refractivity contribution in [1.82, 2.24) is 4.72 Å². The first-order valence-electron chi connectivity index (χ1n) is 6.97. The van der Waals surface area contributed by atoms with Crippen molar-refractivity contribution in [2.24, 2.45) is 0 Å². The van der Waals surface area contributed by atoms with Crippen LogP contribution in [0.15, 0.2) is 53.4 Å². The van der Waals surface area contributed by atoms with Crippen molar-refractivity contribution >= 4 is 44.2 Å². The van der Waals surface area contributed by atoms with Gasteiger partial charge in [-0.15, -0.1) is 0 Å². The van der Waals surface area contributed by atoms with Gasteiger partial charge in [-0.05, 0) is 78.9 Å². The number of halogens is 1. The lowest BCUT2D eigenvalue weighted by Crippen LogP contribution is -2.30. The highest BCUT2D eigenvalue weighted by Gasteiger charge is 2.17. The monoisotopic (exact) mass is 444 g/mol. The maximum absolute atomic E-state index is 12.3. The number of hydrogen-bond donors (Lipinski definition) is 2. The molecule has 0 fully saturated rings. The predicted molar refractivity (Wildman–Crippen MR) is 99.0 cm³/mol. The van der Waals surface area contributed by atoms with Crippen molar-refractivity contribution < 1.29 is 13.2 Å². The third-order valence-electron chi connectivity index (χ3n) is 2.90. The van der Waals surface area contributed by atoms with Crippen LogP contribution in [0.2, 0.25) is 0 Å². The molecule has 0 bridgehead atoms. The summed E-state index contributed by atoms with van der Waals surface area (Å²) in [5.74, 6) is -0.354. The summed E-state index contributed by atoms with van der Waals surface area (Å²) in [6.45, 7) is 3.48.